The van der Waals surface area contributed by atoms with E-state index in [2.05, 4.69) is 5.32 Å². The smallest absolute Gasteiger partial charge is 0.228 e. The van der Waals surface area contributed by atoms with Crippen LogP contribution in [-0.2, 0) is 20.6 Å². The van der Waals surface area contributed by atoms with Crippen molar-refractivity contribution in [1.29, 1.82) is 0 Å². The van der Waals surface area contributed by atoms with Gasteiger partial charge in [-0.05, 0) is 48.7 Å². The number of amides is 1. The normalized spacial score (nSPS) is 17.3. The highest BCUT2D eigenvalue weighted by molar-refractivity contribution is 7.88. The zero-order chi connectivity index (χ0) is 23.9. The molecule has 1 aromatic heterocycles. The Kier molecular flexibility index (Phi) is 6.29. The lowest BCUT2D eigenvalue weighted by molar-refractivity contribution is -0.120. The molecule has 0 saturated carbocycles. The van der Waals surface area contributed by atoms with Gasteiger partial charge in [-0.2, -0.15) is 0 Å². The van der Waals surface area contributed by atoms with Crippen molar-refractivity contribution in [2.75, 3.05) is 18.4 Å². The minimum absolute atomic E-state index is 0.141. The van der Waals surface area contributed by atoms with E-state index < -0.39 is 15.9 Å². The molecule has 1 aliphatic rings. The number of furan rings is 1. The molecule has 3 aromatic carbocycles. The number of nitrogens with zero attached hydrogens (tertiary/aromatic N) is 1. The second-order valence-corrected chi connectivity index (χ2v) is 11.3. The number of nitrogens with one attached hydrogen (secondary N) is 1. The van der Waals surface area contributed by atoms with E-state index in [9.17, 15) is 13.2 Å². The molecule has 34 heavy (non-hydrogen) atoms. The second-order valence-electron chi connectivity index (χ2n) is 8.50. The molecule has 5 rings (SSSR count). The number of para-hydroxylation sites is 1. The first-order valence-electron chi connectivity index (χ1n) is 10.9. The molecule has 1 atom stereocenters. The third-order valence-electron chi connectivity index (χ3n) is 6.13. The quantitative estimate of drug-likeness (QED) is 0.348. The van der Waals surface area contributed by atoms with Crippen LogP contribution in [0.2, 0.25) is 10.0 Å². The van der Waals surface area contributed by atoms with Gasteiger partial charge in [0.25, 0.3) is 0 Å². The largest absolute Gasteiger partial charge is 0.456 e. The molecule has 1 fully saturated rings. The molecule has 0 spiro atoms. The molecule has 4 aromatic rings. The molecular weight excluding hydrogens is 495 g/mol. The summed E-state index contributed by atoms with van der Waals surface area (Å²) >= 11 is 12.0. The number of anilines is 1. The molecule has 0 unspecified atom stereocenters. The molecule has 1 saturated heterocycles. The average molecular weight is 517 g/mol. The van der Waals surface area contributed by atoms with Gasteiger partial charge in [-0.1, -0.05) is 47.5 Å². The molecular formula is C25H22Cl2N2O4S. The van der Waals surface area contributed by atoms with Crippen molar-refractivity contribution in [2.24, 2.45) is 5.92 Å². The summed E-state index contributed by atoms with van der Waals surface area (Å²) in [5, 5.41) is 5.61. The van der Waals surface area contributed by atoms with Crippen molar-refractivity contribution in [3.63, 3.8) is 0 Å². The van der Waals surface area contributed by atoms with Gasteiger partial charge in [0.15, 0.2) is 0 Å². The van der Waals surface area contributed by atoms with Gasteiger partial charge >= 0.3 is 0 Å². The summed E-state index contributed by atoms with van der Waals surface area (Å²) in [5.74, 6) is -0.838. The number of sulfonamides is 1. The van der Waals surface area contributed by atoms with Crippen molar-refractivity contribution in [2.45, 2.75) is 18.6 Å². The fourth-order valence-electron chi connectivity index (χ4n) is 4.39. The van der Waals surface area contributed by atoms with Crippen LogP contribution < -0.4 is 5.32 Å². The summed E-state index contributed by atoms with van der Waals surface area (Å²) < 4.78 is 33.3. The van der Waals surface area contributed by atoms with Gasteiger partial charge in [0.05, 0.1) is 21.7 Å². The number of piperidine rings is 1. The Morgan fingerprint density at radius 1 is 1.00 bits per heavy atom. The van der Waals surface area contributed by atoms with E-state index >= 15 is 0 Å². The molecule has 9 heteroatoms. The van der Waals surface area contributed by atoms with Gasteiger partial charge in [-0.15, -0.1) is 0 Å². The van der Waals surface area contributed by atoms with Crippen molar-refractivity contribution in [3.05, 3.63) is 76.3 Å². The second kappa shape index (κ2) is 9.23. The van der Waals surface area contributed by atoms with Gasteiger partial charge in [0.2, 0.25) is 15.9 Å². The SMILES string of the molecule is O=C(Nc1ccc2c(c1)oc1ccccc12)[C@@H]1CCCN(S(=O)(=O)Cc2ccc(Cl)c(Cl)c2)C1. The highest BCUT2D eigenvalue weighted by Crippen LogP contribution is 2.31. The number of hydrogen-bond acceptors (Lipinski definition) is 4. The Labute approximate surface area is 207 Å². The molecule has 2 heterocycles. The third-order valence-corrected chi connectivity index (χ3v) is 8.68. The molecule has 176 valence electrons. The van der Waals surface area contributed by atoms with E-state index in [0.29, 0.717) is 46.3 Å². The topological polar surface area (TPSA) is 79.6 Å². The van der Waals surface area contributed by atoms with Crippen LogP contribution in [0.4, 0.5) is 5.69 Å². The summed E-state index contributed by atoms with van der Waals surface area (Å²) in [4.78, 5) is 13.0. The third kappa shape index (κ3) is 4.66. The van der Waals surface area contributed by atoms with Crippen LogP contribution in [0.3, 0.4) is 0 Å². The Morgan fingerprint density at radius 3 is 2.62 bits per heavy atom. The number of carbonyl (C=O) groups excluding carboxylic acids is 1. The zero-order valence-electron chi connectivity index (χ0n) is 18.1. The van der Waals surface area contributed by atoms with Crippen LogP contribution in [0.15, 0.2) is 65.1 Å². The van der Waals surface area contributed by atoms with Crippen LogP contribution in [0.5, 0.6) is 0 Å². The van der Waals surface area contributed by atoms with E-state index in [0.717, 1.165) is 16.4 Å². The van der Waals surface area contributed by atoms with Crippen molar-refractivity contribution in [3.8, 4) is 0 Å². The van der Waals surface area contributed by atoms with Crippen LogP contribution in [0.25, 0.3) is 21.9 Å². The summed E-state index contributed by atoms with van der Waals surface area (Å²) in [5.41, 5.74) is 2.65. The van der Waals surface area contributed by atoms with E-state index in [-0.39, 0.29) is 18.2 Å². The number of rotatable bonds is 5. The first-order chi connectivity index (χ1) is 16.3. The summed E-state index contributed by atoms with van der Waals surface area (Å²) in [6, 6.07) is 18.1. The lowest BCUT2D eigenvalue weighted by Gasteiger charge is -2.31. The summed E-state index contributed by atoms with van der Waals surface area (Å²) in [7, 11) is -3.61. The number of benzene rings is 3. The molecule has 1 aliphatic heterocycles. The predicted molar refractivity (Wildman–Crippen MR) is 136 cm³/mol. The lowest BCUT2D eigenvalue weighted by Crippen LogP contribution is -2.44. The zero-order valence-corrected chi connectivity index (χ0v) is 20.5. The van der Waals surface area contributed by atoms with Crippen LogP contribution in [0.1, 0.15) is 18.4 Å². The van der Waals surface area contributed by atoms with E-state index in [1.807, 2.05) is 36.4 Å². The highest BCUT2D eigenvalue weighted by Gasteiger charge is 2.32. The van der Waals surface area contributed by atoms with Crippen molar-refractivity contribution >= 4 is 66.8 Å². The Hall–Kier alpha value is -2.58. The Morgan fingerprint density at radius 2 is 1.79 bits per heavy atom. The van der Waals surface area contributed by atoms with E-state index in [1.165, 1.54) is 4.31 Å². The summed E-state index contributed by atoms with van der Waals surface area (Å²) in [6.07, 6.45) is 1.23. The minimum atomic E-state index is -3.61. The molecule has 1 N–H and O–H groups in total. The minimum Gasteiger partial charge on any atom is -0.456 e. The van der Waals surface area contributed by atoms with Crippen molar-refractivity contribution in [1.82, 2.24) is 4.31 Å². The Bertz CT molecular complexity index is 1500. The van der Waals surface area contributed by atoms with Gasteiger partial charge in [-0.25, -0.2) is 12.7 Å². The average Bonchev–Trinajstić information content (AvgIpc) is 3.19. The van der Waals surface area contributed by atoms with E-state index in [1.54, 1.807) is 24.3 Å². The van der Waals surface area contributed by atoms with Gasteiger partial charge in [0, 0.05) is 35.6 Å². The van der Waals surface area contributed by atoms with Crippen LogP contribution in [0, 0.1) is 5.92 Å². The van der Waals surface area contributed by atoms with Crippen molar-refractivity contribution < 1.29 is 17.6 Å². The molecule has 0 aliphatic carbocycles. The Balaban J connectivity index is 1.28. The standard InChI is InChI=1S/C25H22Cl2N2O4S/c26-21-10-7-16(12-22(21)27)15-34(31,32)29-11-3-4-17(14-29)25(30)28-18-8-9-20-19-5-1-2-6-23(19)33-24(20)13-18/h1-2,5-10,12-13,17H,3-4,11,14-15H2,(H,28,30)/t17-/m1/s1. The highest BCUT2D eigenvalue weighted by atomic mass is 35.5. The molecule has 0 radical (unpaired) electrons. The van der Waals surface area contributed by atoms with Crippen LogP contribution in [-0.4, -0.2) is 31.7 Å². The van der Waals surface area contributed by atoms with Gasteiger partial charge in [0.1, 0.15) is 11.2 Å². The fraction of sp³-hybridized carbons (Fsp3) is 0.240. The number of fused-ring (bicyclic) bond motifs is 3. The molecule has 1 amide bonds. The summed E-state index contributed by atoms with van der Waals surface area (Å²) in [6.45, 7) is 0.529. The van der Waals surface area contributed by atoms with Gasteiger partial charge in [-0.3, -0.25) is 4.79 Å². The predicted octanol–water partition coefficient (Wildman–Crippen LogP) is 6.07. The number of halogens is 2. The number of carbonyl (C=O) groups is 1. The molecule has 0 bridgehead atoms. The maximum atomic E-state index is 13.0. The van der Waals surface area contributed by atoms with Crippen LogP contribution >= 0.6 is 23.2 Å². The maximum Gasteiger partial charge on any atom is 0.228 e. The number of hydrogen-bond donors (Lipinski definition) is 1. The monoisotopic (exact) mass is 516 g/mol. The van der Waals surface area contributed by atoms with E-state index in [4.69, 9.17) is 27.6 Å². The fourth-order valence-corrected chi connectivity index (χ4v) is 6.31. The van der Waals surface area contributed by atoms with Gasteiger partial charge < -0.3 is 9.73 Å². The lowest BCUT2D eigenvalue weighted by atomic mass is 9.98. The molecule has 6 nitrogen and oxygen atoms in total. The first-order valence-corrected chi connectivity index (χ1v) is 13.3. The maximum absolute atomic E-state index is 13.0. The first kappa shape index (κ1) is 23.2.